The Labute approximate surface area is 118 Å². The summed E-state index contributed by atoms with van der Waals surface area (Å²) in [4.78, 5) is 11.7. The van der Waals surface area contributed by atoms with Crippen LogP contribution in [-0.2, 0) is 14.8 Å². The van der Waals surface area contributed by atoms with E-state index in [4.69, 9.17) is 0 Å². The maximum Gasteiger partial charge on any atom is 0.243 e. The minimum Gasteiger partial charge on any atom is -0.544 e. The van der Waals surface area contributed by atoms with Crippen LogP contribution in [0.4, 0.5) is 0 Å². The summed E-state index contributed by atoms with van der Waals surface area (Å²) < 4.78 is 26.3. The minimum atomic E-state index is -3.48. The molecule has 20 heavy (non-hydrogen) atoms. The molecule has 0 saturated carbocycles. The molecule has 1 saturated heterocycles. The summed E-state index contributed by atoms with van der Waals surface area (Å²) in [5.74, 6) is -1.10. The van der Waals surface area contributed by atoms with Gasteiger partial charge in [-0.3, -0.25) is 0 Å². The summed E-state index contributed by atoms with van der Waals surface area (Å²) in [6.07, 6.45) is 0. The molecule has 1 aliphatic rings. The average molecular weight is 298 g/mol. The lowest BCUT2D eigenvalue weighted by Gasteiger charge is -2.31. The zero-order valence-electron chi connectivity index (χ0n) is 11.3. The summed E-state index contributed by atoms with van der Waals surface area (Å²) in [6.45, 7) is 3.41. The molecule has 0 radical (unpaired) electrons. The van der Waals surface area contributed by atoms with E-state index in [0.29, 0.717) is 31.1 Å². The van der Waals surface area contributed by atoms with Gasteiger partial charge in [0.15, 0.2) is 0 Å². The molecule has 0 unspecified atom stereocenters. The molecule has 1 heterocycles. The Hall–Kier alpha value is -1.44. The van der Waals surface area contributed by atoms with Gasteiger partial charge in [0.2, 0.25) is 10.0 Å². The summed E-state index contributed by atoms with van der Waals surface area (Å²) in [5.41, 5.74) is 0.896. The number of quaternary nitrogens is 1. The molecule has 1 aliphatic heterocycles. The highest BCUT2D eigenvalue weighted by molar-refractivity contribution is 7.89. The third kappa shape index (κ3) is 3.36. The van der Waals surface area contributed by atoms with Crippen LogP contribution in [0, 0.1) is 6.92 Å². The van der Waals surface area contributed by atoms with E-state index in [1.807, 2.05) is 13.0 Å². The van der Waals surface area contributed by atoms with Gasteiger partial charge in [0, 0.05) is 0 Å². The number of rotatable bonds is 4. The van der Waals surface area contributed by atoms with Crippen LogP contribution < -0.4 is 10.0 Å². The summed E-state index contributed by atoms with van der Waals surface area (Å²) in [7, 11) is -3.48. The molecule has 2 rings (SSSR count). The van der Waals surface area contributed by atoms with E-state index in [1.165, 1.54) is 4.31 Å². The van der Waals surface area contributed by atoms with E-state index in [0.717, 1.165) is 10.5 Å². The van der Waals surface area contributed by atoms with E-state index in [9.17, 15) is 18.3 Å². The van der Waals surface area contributed by atoms with E-state index < -0.39 is 16.0 Å². The number of hydrogen-bond acceptors (Lipinski definition) is 4. The molecular weight excluding hydrogens is 280 g/mol. The molecule has 0 amide bonds. The Bertz CT molecular complexity index is 592. The second-order valence-electron chi connectivity index (χ2n) is 5.02. The van der Waals surface area contributed by atoms with Crippen molar-refractivity contribution in [3.05, 3.63) is 29.8 Å². The monoisotopic (exact) mass is 298 g/mol. The van der Waals surface area contributed by atoms with Crippen molar-refractivity contribution in [3.63, 3.8) is 0 Å². The fourth-order valence-electron chi connectivity index (χ4n) is 2.35. The van der Waals surface area contributed by atoms with Gasteiger partial charge in [-0.05, 0) is 24.6 Å². The highest BCUT2D eigenvalue weighted by Gasteiger charge is 2.30. The van der Waals surface area contributed by atoms with Gasteiger partial charge in [0.1, 0.15) is 6.54 Å². The zero-order valence-corrected chi connectivity index (χ0v) is 12.1. The Kier molecular flexibility index (Phi) is 4.42. The largest absolute Gasteiger partial charge is 0.544 e. The fourth-order valence-corrected chi connectivity index (χ4v) is 3.90. The van der Waals surface area contributed by atoms with Gasteiger partial charge in [-0.2, -0.15) is 4.31 Å². The van der Waals surface area contributed by atoms with Crippen molar-refractivity contribution in [1.29, 1.82) is 0 Å². The Balaban J connectivity index is 2.08. The highest BCUT2D eigenvalue weighted by atomic mass is 32.2. The SMILES string of the molecule is Cc1cccc(S(=O)(=O)N2CC[NH+](CC(=O)[O-])CC2)c1. The van der Waals surface area contributed by atoms with Crippen LogP contribution >= 0.6 is 0 Å². The van der Waals surface area contributed by atoms with Gasteiger partial charge in [-0.25, -0.2) is 8.42 Å². The molecule has 1 aromatic rings. The van der Waals surface area contributed by atoms with Crippen LogP contribution in [0.15, 0.2) is 29.2 Å². The number of carbonyl (C=O) groups is 1. The van der Waals surface area contributed by atoms with Crippen molar-refractivity contribution in [2.75, 3.05) is 32.7 Å². The third-order valence-corrected chi connectivity index (χ3v) is 5.35. The van der Waals surface area contributed by atoms with Gasteiger partial charge >= 0.3 is 0 Å². The first-order valence-electron chi connectivity index (χ1n) is 6.50. The molecule has 1 aromatic carbocycles. The number of nitrogens with one attached hydrogen (secondary N) is 1. The van der Waals surface area contributed by atoms with Gasteiger partial charge in [0.05, 0.1) is 37.0 Å². The first-order valence-corrected chi connectivity index (χ1v) is 7.94. The van der Waals surface area contributed by atoms with E-state index in [1.54, 1.807) is 18.2 Å². The van der Waals surface area contributed by atoms with Gasteiger partial charge < -0.3 is 14.8 Å². The Morgan fingerprint density at radius 2 is 2.00 bits per heavy atom. The van der Waals surface area contributed by atoms with Gasteiger partial charge in [-0.1, -0.05) is 12.1 Å². The normalized spacial score (nSPS) is 18.1. The maximum atomic E-state index is 12.5. The lowest BCUT2D eigenvalue weighted by molar-refractivity contribution is -0.898. The van der Waals surface area contributed by atoms with Crippen molar-refractivity contribution in [2.24, 2.45) is 0 Å². The number of carbonyl (C=O) groups excluding carboxylic acids is 1. The topological polar surface area (TPSA) is 82.0 Å². The lowest BCUT2D eigenvalue weighted by Crippen LogP contribution is -3.16. The number of nitrogens with zero attached hydrogens (tertiary/aromatic N) is 1. The number of sulfonamides is 1. The number of benzene rings is 1. The number of piperazine rings is 1. The molecule has 0 aliphatic carbocycles. The van der Waals surface area contributed by atoms with Crippen molar-refractivity contribution in [3.8, 4) is 0 Å². The Morgan fingerprint density at radius 1 is 1.35 bits per heavy atom. The molecule has 0 bridgehead atoms. The number of aryl methyl sites for hydroxylation is 1. The third-order valence-electron chi connectivity index (χ3n) is 3.45. The van der Waals surface area contributed by atoms with E-state index in [-0.39, 0.29) is 6.54 Å². The van der Waals surface area contributed by atoms with Crippen LogP contribution in [0.3, 0.4) is 0 Å². The molecule has 0 aromatic heterocycles. The second kappa shape index (κ2) is 5.90. The molecule has 1 fully saturated rings. The predicted octanol–water partition coefficient (Wildman–Crippen LogP) is -2.37. The van der Waals surface area contributed by atoms with Crippen LogP contribution in [0.2, 0.25) is 0 Å². The molecular formula is C13H18N2O4S. The van der Waals surface area contributed by atoms with E-state index in [2.05, 4.69) is 0 Å². The number of carboxylic acids is 1. The van der Waals surface area contributed by atoms with Gasteiger partial charge in [0.25, 0.3) is 0 Å². The van der Waals surface area contributed by atoms with Crippen LogP contribution in [-0.4, -0.2) is 51.4 Å². The summed E-state index contributed by atoms with van der Waals surface area (Å²) >= 11 is 0. The fraction of sp³-hybridized carbons (Fsp3) is 0.462. The number of aliphatic carboxylic acids is 1. The molecule has 0 atom stereocenters. The highest BCUT2D eigenvalue weighted by Crippen LogP contribution is 2.16. The molecule has 1 N–H and O–H groups in total. The quantitative estimate of drug-likeness (QED) is 0.674. The summed E-state index contributed by atoms with van der Waals surface area (Å²) in [6, 6.07) is 6.80. The average Bonchev–Trinajstić information content (AvgIpc) is 2.38. The minimum absolute atomic E-state index is 0.0711. The number of hydrogen-bond donors (Lipinski definition) is 1. The second-order valence-corrected chi connectivity index (χ2v) is 6.96. The zero-order chi connectivity index (χ0) is 14.8. The van der Waals surface area contributed by atoms with Crippen molar-refractivity contribution in [2.45, 2.75) is 11.8 Å². The lowest BCUT2D eigenvalue weighted by atomic mass is 10.2. The van der Waals surface area contributed by atoms with Crippen LogP contribution in [0.5, 0.6) is 0 Å². The van der Waals surface area contributed by atoms with Crippen LogP contribution in [0.25, 0.3) is 0 Å². The molecule has 110 valence electrons. The standard InChI is InChI=1S/C13H18N2O4S/c1-11-3-2-4-12(9-11)20(18,19)15-7-5-14(6-8-15)10-13(16)17/h2-4,9H,5-8,10H2,1H3,(H,16,17). The number of carboxylic acid groups (broad SMARTS) is 1. The Morgan fingerprint density at radius 3 is 2.55 bits per heavy atom. The first-order chi connectivity index (χ1) is 9.39. The van der Waals surface area contributed by atoms with Crippen LogP contribution in [0.1, 0.15) is 5.56 Å². The van der Waals surface area contributed by atoms with Crippen molar-refractivity contribution >= 4 is 16.0 Å². The molecule has 0 spiro atoms. The predicted molar refractivity (Wildman–Crippen MR) is 70.5 cm³/mol. The van der Waals surface area contributed by atoms with E-state index >= 15 is 0 Å². The smallest absolute Gasteiger partial charge is 0.243 e. The first kappa shape index (κ1) is 15.0. The summed E-state index contributed by atoms with van der Waals surface area (Å²) in [5, 5.41) is 10.5. The molecule has 7 heteroatoms. The van der Waals surface area contributed by atoms with Crippen molar-refractivity contribution in [1.82, 2.24) is 4.31 Å². The molecule has 6 nitrogen and oxygen atoms in total. The van der Waals surface area contributed by atoms with Gasteiger partial charge in [-0.15, -0.1) is 0 Å². The van der Waals surface area contributed by atoms with Crippen molar-refractivity contribution < 1.29 is 23.2 Å². The maximum absolute atomic E-state index is 12.5.